The van der Waals surface area contributed by atoms with Gasteiger partial charge in [0, 0.05) is 7.05 Å². The fraction of sp³-hybridized carbons (Fsp3) is 0.300. The standard InChI is InChI=1S/C10H13NO3/c1-11-8-6-7(10(12)14-3)4-5-9(8)13-2/h4-6,11H,1-3H3. The van der Waals surface area contributed by atoms with Crippen molar-refractivity contribution < 1.29 is 14.3 Å². The van der Waals surface area contributed by atoms with Crippen LogP contribution in [0.25, 0.3) is 0 Å². The van der Waals surface area contributed by atoms with Crippen molar-refractivity contribution in [3.05, 3.63) is 23.8 Å². The first kappa shape index (κ1) is 10.4. The van der Waals surface area contributed by atoms with E-state index in [2.05, 4.69) is 10.1 Å². The van der Waals surface area contributed by atoms with Crippen molar-refractivity contribution in [3.8, 4) is 5.75 Å². The number of ether oxygens (including phenoxy) is 2. The molecule has 1 rings (SSSR count). The van der Waals surface area contributed by atoms with Gasteiger partial charge in [0.1, 0.15) is 5.75 Å². The molecule has 0 bridgehead atoms. The van der Waals surface area contributed by atoms with Crippen molar-refractivity contribution in [1.82, 2.24) is 0 Å². The van der Waals surface area contributed by atoms with Gasteiger partial charge in [-0.2, -0.15) is 0 Å². The fourth-order valence-corrected chi connectivity index (χ4v) is 1.15. The van der Waals surface area contributed by atoms with Gasteiger partial charge >= 0.3 is 5.97 Å². The molecule has 1 aromatic rings. The molecule has 0 aliphatic rings. The van der Waals surface area contributed by atoms with E-state index in [1.165, 1.54) is 7.11 Å². The Kier molecular flexibility index (Phi) is 3.34. The first-order valence-electron chi connectivity index (χ1n) is 4.17. The monoisotopic (exact) mass is 195 g/mol. The Hall–Kier alpha value is -1.71. The Morgan fingerprint density at radius 2 is 2.07 bits per heavy atom. The van der Waals surface area contributed by atoms with E-state index < -0.39 is 0 Å². The molecule has 0 aromatic heterocycles. The van der Waals surface area contributed by atoms with Gasteiger partial charge < -0.3 is 14.8 Å². The Morgan fingerprint density at radius 3 is 2.57 bits per heavy atom. The van der Waals surface area contributed by atoms with Gasteiger partial charge in [-0.15, -0.1) is 0 Å². The second-order valence-electron chi connectivity index (χ2n) is 2.66. The molecule has 0 atom stereocenters. The molecule has 0 heterocycles. The van der Waals surface area contributed by atoms with Gasteiger partial charge in [0.15, 0.2) is 0 Å². The number of rotatable bonds is 3. The summed E-state index contributed by atoms with van der Waals surface area (Å²) in [6.45, 7) is 0. The average molecular weight is 195 g/mol. The molecule has 0 radical (unpaired) electrons. The lowest BCUT2D eigenvalue weighted by Crippen LogP contribution is -2.03. The number of carbonyl (C=O) groups is 1. The molecular weight excluding hydrogens is 182 g/mol. The molecule has 0 saturated heterocycles. The van der Waals surface area contributed by atoms with Crippen LogP contribution in [0.4, 0.5) is 5.69 Å². The van der Waals surface area contributed by atoms with Crippen LogP contribution in [-0.2, 0) is 4.74 Å². The van der Waals surface area contributed by atoms with Crippen LogP contribution in [0.1, 0.15) is 10.4 Å². The van der Waals surface area contributed by atoms with Gasteiger partial charge in [0.05, 0.1) is 25.5 Å². The molecule has 0 unspecified atom stereocenters. The van der Waals surface area contributed by atoms with Crippen molar-refractivity contribution in [2.45, 2.75) is 0 Å². The quantitative estimate of drug-likeness (QED) is 0.743. The SMILES string of the molecule is CNc1cc(C(=O)OC)ccc1OC. The molecule has 0 spiro atoms. The number of anilines is 1. The van der Waals surface area contributed by atoms with E-state index in [9.17, 15) is 4.79 Å². The lowest BCUT2D eigenvalue weighted by atomic mass is 10.2. The summed E-state index contributed by atoms with van der Waals surface area (Å²) < 4.78 is 9.69. The van der Waals surface area contributed by atoms with Gasteiger partial charge in [-0.3, -0.25) is 0 Å². The number of esters is 1. The lowest BCUT2D eigenvalue weighted by Gasteiger charge is -2.08. The molecule has 4 heteroatoms. The number of hydrogen-bond donors (Lipinski definition) is 1. The van der Waals surface area contributed by atoms with E-state index in [4.69, 9.17) is 4.74 Å². The highest BCUT2D eigenvalue weighted by atomic mass is 16.5. The van der Waals surface area contributed by atoms with Gasteiger partial charge in [-0.25, -0.2) is 4.79 Å². The highest BCUT2D eigenvalue weighted by Crippen LogP contribution is 2.24. The van der Waals surface area contributed by atoms with Crippen molar-refractivity contribution in [1.29, 1.82) is 0 Å². The van der Waals surface area contributed by atoms with E-state index in [0.29, 0.717) is 11.3 Å². The van der Waals surface area contributed by atoms with Crippen LogP contribution in [0.5, 0.6) is 5.75 Å². The zero-order valence-corrected chi connectivity index (χ0v) is 8.46. The summed E-state index contributed by atoms with van der Waals surface area (Å²) in [5.41, 5.74) is 1.26. The predicted molar refractivity (Wildman–Crippen MR) is 53.9 cm³/mol. The van der Waals surface area contributed by atoms with E-state index in [1.54, 1.807) is 32.4 Å². The number of methoxy groups -OCH3 is 2. The van der Waals surface area contributed by atoms with Gasteiger partial charge in [0.2, 0.25) is 0 Å². The minimum Gasteiger partial charge on any atom is -0.495 e. The molecule has 0 aliphatic carbocycles. The minimum atomic E-state index is -0.357. The molecule has 0 saturated carbocycles. The Morgan fingerprint density at radius 1 is 1.36 bits per heavy atom. The Balaban J connectivity index is 3.07. The largest absolute Gasteiger partial charge is 0.495 e. The third kappa shape index (κ3) is 1.96. The van der Waals surface area contributed by atoms with Crippen molar-refractivity contribution in [2.24, 2.45) is 0 Å². The molecule has 1 aromatic carbocycles. The van der Waals surface area contributed by atoms with Crippen LogP contribution >= 0.6 is 0 Å². The van der Waals surface area contributed by atoms with Crippen LogP contribution in [-0.4, -0.2) is 27.2 Å². The number of benzene rings is 1. The highest BCUT2D eigenvalue weighted by Gasteiger charge is 2.08. The maximum Gasteiger partial charge on any atom is 0.337 e. The summed E-state index contributed by atoms with van der Waals surface area (Å²) in [7, 11) is 4.69. The highest BCUT2D eigenvalue weighted by molar-refractivity contribution is 5.91. The van der Waals surface area contributed by atoms with Crippen LogP contribution in [0.15, 0.2) is 18.2 Å². The Labute approximate surface area is 82.8 Å². The second-order valence-corrected chi connectivity index (χ2v) is 2.66. The first-order valence-corrected chi connectivity index (χ1v) is 4.17. The summed E-state index contributed by atoms with van der Waals surface area (Å²) in [6.07, 6.45) is 0. The normalized spacial score (nSPS) is 9.36. The van der Waals surface area contributed by atoms with Crippen molar-refractivity contribution in [2.75, 3.05) is 26.6 Å². The summed E-state index contributed by atoms with van der Waals surface area (Å²) >= 11 is 0. The van der Waals surface area contributed by atoms with E-state index in [-0.39, 0.29) is 5.97 Å². The topological polar surface area (TPSA) is 47.6 Å². The number of nitrogens with one attached hydrogen (secondary N) is 1. The molecule has 0 fully saturated rings. The molecule has 0 aliphatic heterocycles. The third-order valence-electron chi connectivity index (χ3n) is 1.89. The predicted octanol–water partition coefficient (Wildman–Crippen LogP) is 1.52. The smallest absolute Gasteiger partial charge is 0.337 e. The fourth-order valence-electron chi connectivity index (χ4n) is 1.15. The van der Waals surface area contributed by atoms with Crippen LogP contribution in [0.3, 0.4) is 0 Å². The zero-order chi connectivity index (χ0) is 10.6. The maximum absolute atomic E-state index is 11.2. The third-order valence-corrected chi connectivity index (χ3v) is 1.89. The van der Waals surface area contributed by atoms with Crippen LogP contribution in [0, 0.1) is 0 Å². The molecule has 76 valence electrons. The molecule has 14 heavy (non-hydrogen) atoms. The van der Waals surface area contributed by atoms with Gasteiger partial charge in [0.25, 0.3) is 0 Å². The number of carbonyl (C=O) groups excluding carboxylic acids is 1. The summed E-state index contributed by atoms with van der Waals surface area (Å²) in [6, 6.07) is 5.06. The van der Waals surface area contributed by atoms with Gasteiger partial charge in [-0.05, 0) is 18.2 Å². The number of hydrogen-bond acceptors (Lipinski definition) is 4. The summed E-state index contributed by atoms with van der Waals surface area (Å²) in [5.74, 6) is 0.337. The maximum atomic E-state index is 11.2. The van der Waals surface area contributed by atoms with E-state index in [1.807, 2.05) is 0 Å². The zero-order valence-electron chi connectivity index (χ0n) is 8.46. The van der Waals surface area contributed by atoms with E-state index >= 15 is 0 Å². The molecular formula is C10H13NO3. The molecule has 1 N–H and O–H groups in total. The summed E-state index contributed by atoms with van der Waals surface area (Å²) in [5, 5.41) is 2.93. The first-order chi connectivity index (χ1) is 6.72. The van der Waals surface area contributed by atoms with Crippen molar-refractivity contribution >= 4 is 11.7 Å². The molecule has 4 nitrogen and oxygen atoms in total. The summed E-state index contributed by atoms with van der Waals surface area (Å²) in [4.78, 5) is 11.2. The van der Waals surface area contributed by atoms with Crippen molar-refractivity contribution in [3.63, 3.8) is 0 Å². The lowest BCUT2D eigenvalue weighted by molar-refractivity contribution is 0.0601. The average Bonchev–Trinajstić information content (AvgIpc) is 2.26. The molecule has 0 amide bonds. The van der Waals surface area contributed by atoms with Crippen LogP contribution < -0.4 is 10.1 Å². The van der Waals surface area contributed by atoms with Crippen LogP contribution in [0.2, 0.25) is 0 Å². The van der Waals surface area contributed by atoms with E-state index in [0.717, 1.165) is 5.69 Å². The van der Waals surface area contributed by atoms with Gasteiger partial charge in [-0.1, -0.05) is 0 Å². The second kappa shape index (κ2) is 4.50. The minimum absolute atomic E-state index is 0.357. The Bertz CT molecular complexity index is 336.